The Bertz CT molecular complexity index is 1590. The second-order valence-corrected chi connectivity index (χ2v) is 20.2. The van der Waals surface area contributed by atoms with Gasteiger partial charge in [-0.05, 0) is 55.7 Å². The molecule has 0 amide bonds. The lowest BCUT2D eigenvalue weighted by molar-refractivity contribution is 0.220. The molecule has 1 aromatic carbocycles. The van der Waals surface area contributed by atoms with Crippen LogP contribution in [-0.4, -0.2) is 56.3 Å². The number of H-pyrrole nitrogens is 1. The predicted octanol–water partition coefficient (Wildman–Crippen LogP) is 5.47. The van der Waals surface area contributed by atoms with Crippen LogP contribution in [0.1, 0.15) is 58.4 Å². The Morgan fingerprint density at radius 1 is 1.20 bits per heavy atom. The standard InChI is InChI=1S/C28H39N7O3SSi/c1-26(2,3)40(8,9)38-17-28(6)16-31-24-19(15-29)12-18(13-20(24)28)21-10-11-30-25(32-21)33-23-14-22(34-35-23)27(4,5)39(7,36)37/h10-14,31H,16-17H2,1-9H3,(H2,30,32,33,34,35)/t28-/m1/s1. The zero-order chi connectivity index (χ0) is 29.7. The number of rotatable bonds is 8. The number of nitrogens with one attached hydrogen (secondary N) is 3. The van der Waals surface area contributed by atoms with Crippen molar-refractivity contribution < 1.29 is 12.8 Å². The minimum atomic E-state index is -3.37. The molecule has 0 fully saturated rings. The molecule has 4 rings (SSSR count). The fourth-order valence-corrected chi connectivity index (χ4v) is 5.81. The summed E-state index contributed by atoms with van der Waals surface area (Å²) in [5, 5.41) is 23.6. The molecule has 0 spiro atoms. The summed E-state index contributed by atoms with van der Waals surface area (Å²) in [5.41, 5.74) is 4.02. The van der Waals surface area contributed by atoms with Gasteiger partial charge in [-0.1, -0.05) is 27.7 Å². The Morgan fingerprint density at radius 3 is 2.52 bits per heavy atom. The number of fused-ring (bicyclic) bond motifs is 1. The van der Waals surface area contributed by atoms with Gasteiger partial charge in [0.1, 0.15) is 10.8 Å². The summed E-state index contributed by atoms with van der Waals surface area (Å²) < 4.78 is 29.9. The molecular formula is C28H39N7O3SSi. The molecular weight excluding hydrogens is 543 g/mol. The highest BCUT2D eigenvalue weighted by atomic mass is 32.2. The Hall–Kier alpha value is -3.27. The number of hydrogen-bond donors (Lipinski definition) is 3. The van der Waals surface area contributed by atoms with Crippen molar-refractivity contribution in [1.82, 2.24) is 20.2 Å². The summed E-state index contributed by atoms with van der Waals surface area (Å²) in [6.07, 6.45) is 2.83. The minimum absolute atomic E-state index is 0.0951. The van der Waals surface area contributed by atoms with Gasteiger partial charge >= 0.3 is 0 Å². The van der Waals surface area contributed by atoms with E-state index in [4.69, 9.17) is 4.43 Å². The molecule has 1 aliphatic rings. The Kier molecular flexibility index (Phi) is 7.41. The highest BCUT2D eigenvalue weighted by molar-refractivity contribution is 7.91. The second-order valence-electron chi connectivity index (χ2n) is 12.9. The molecule has 0 bridgehead atoms. The fourth-order valence-electron chi connectivity index (χ4n) is 4.20. The van der Waals surface area contributed by atoms with Gasteiger partial charge in [-0.15, -0.1) is 0 Å². The van der Waals surface area contributed by atoms with Crippen molar-refractivity contribution in [1.29, 1.82) is 5.26 Å². The van der Waals surface area contributed by atoms with E-state index in [1.807, 2.05) is 6.07 Å². The number of aromatic nitrogens is 4. The summed E-state index contributed by atoms with van der Waals surface area (Å²) in [4.78, 5) is 8.99. The molecule has 0 saturated carbocycles. The van der Waals surface area contributed by atoms with E-state index in [-0.39, 0.29) is 10.5 Å². The van der Waals surface area contributed by atoms with Crippen LogP contribution in [0.3, 0.4) is 0 Å². The lowest BCUT2D eigenvalue weighted by Crippen LogP contribution is -2.45. The summed E-state index contributed by atoms with van der Waals surface area (Å²) in [6, 6.07) is 9.69. The average Bonchev–Trinajstić information content (AvgIpc) is 3.46. The monoisotopic (exact) mass is 581 g/mol. The maximum Gasteiger partial charge on any atom is 0.228 e. The Labute approximate surface area is 238 Å². The molecule has 12 heteroatoms. The lowest BCUT2D eigenvalue weighted by Gasteiger charge is -2.39. The van der Waals surface area contributed by atoms with E-state index in [1.165, 1.54) is 6.26 Å². The normalized spacial score (nSPS) is 17.7. The van der Waals surface area contributed by atoms with Crippen LogP contribution in [-0.2, 0) is 24.4 Å². The number of sulfone groups is 1. The van der Waals surface area contributed by atoms with Crippen LogP contribution in [0, 0.1) is 11.3 Å². The van der Waals surface area contributed by atoms with Gasteiger partial charge in [-0.2, -0.15) is 10.4 Å². The van der Waals surface area contributed by atoms with Crippen LogP contribution in [0.4, 0.5) is 17.5 Å². The van der Waals surface area contributed by atoms with Gasteiger partial charge in [0.05, 0.1) is 22.6 Å². The first-order valence-electron chi connectivity index (χ1n) is 13.2. The number of aromatic amines is 1. The molecule has 0 radical (unpaired) electrons. The first-order valence-corrected chi connectivity index (χ1v) is 18.0. The van der Waals surface area contributed by atoms with Crippen LogP contribution in [0.2, 0.25) is 18.1 Å². The van der Waals surface area contributed by atoms with Crippen molar-refractivity contribution in [2.45, 2.75) is 69.8 Å². The second kappa shape index (κ2) is 9.97. The predicted molar refractivity (Wildman–Crippen MR) is 161 cm³/mol. The first kappa shape index (κ1) is 29.7. The van der Waals surface area contributed by atoms with Gasteiger partial charge in [0, 0.05) is 42.6 Å². The summed E-state index contributed by atoms with van der Waals surface area (Å²) in [6.45, 7) is 17.8. The van der Waals surface area contributed by atoms with E-state index in [9.17, 15) is 13.7 Å². The van der Waals surface area contributed by atoms with E-state index in [0.717, 1.165) is 16.8 Å². The SMILES string of the molecule is CC(C)(C)[Si](C)(C)OC[C@@]1(C)CNc2c(C#N)cc(-c3ccnc(Nc4cc(C(C)(C)S(C)(=O)=O)[nH]n4)n3)cc21. The van der Waals surface area contributed by atoms with Crippen LogP contribution < -0.4 is 10.6 Å². The zero-order valence-corrected chi connectivity index (χ0v) is 26.5. The van der Waals surface area contributed by atoms with Crippen LogP contribution in [0.25, 0.3) is 11.3 Å². The molecule has 0 unspecified atom stereocenters. The van der Waals surface area contributed by atoms with Gasteiger partial charge in [0.2, 0.25) is 5.95 Å². The smallest absolute Gasteiger partial charge is 0.228 e. The van der Waals surface area contributed by atoms with Crippen molar-refractivity contribution in [3.8, 4) is 17.3 Å². The number of benzene rings is 1. The summed E-state index contributed by atoms with van der Waals surface area (Å²) in [7, 11) is -5.34. The molecule has 214 valence electrons. The Balaban J connectivity index is 1.64. The van der Waals surface area contributed by atoms with Crippen molar-refractivity contribution in [3.63, 3.8) is 0 Å². The van der Waals surface area contributed by atoms with Gasteiger partial charge in [0.25, 0.3) is 0 Å². The summed E-state index contributed by atoms with van der Waals surface area (Å²) in [5.74, 6) is 0.698. The van der Waals surface area contributed by atoms with Crippen LogP contribution in [0.15, 0.2) is 30.5 Å². The highest BCUT2D eigenvalue weighted by Crippen LogP contribution is 2.44. The molecule has 0 saturated heterocycles. The van der Waals surface area contributed by atoms with Crippen molar-refractivity contribution >= 4 is 35.6 Å². The quantitative estimate of drug-likeness (QED) is 0.295. The van der Waals surface area contributed by atoms with Crippen LogP contribution >= 0.6 is 0 Å². The number of anilines is 3. The molecule has 1 atom stereocenters. The summed E-state index contributed by atoms with van der Waals surface area (Å²) >= 11 is 0. The van der Waals surface area contributed by atoms with E-state index in [2.05, 4.69) is 83.7 Å². The zero-order valence-electron chi connectivity index (χ0n) is 24.7. The van der Waals surface area contributed by atoms with Crippen molar-refractivity contribution in [3.05, 3.63) is 47.3 Å². The fraction of sp³-hybridized carbons (Fsp3) is 0.500. The van der Waals surface area contributed by atoms with Crippen molar-refractivity contribution in [2.75, 3.05) is 30.0 Å². The number of nitriles is 1. The van der Waals surface area contributed by atoms with Gasteiger partial charge in [0.15, 0.2) is 24.0 Å². The third kappa shape index (κ3) is 5.50. The van der Waals surface area contributed by atoms with Gasteiger partial charge < -0.3 is 15.1 Å². The molecule has 3 N–H and O–H groups in total. The van der Waals surface area contributed by atoms with Crippen molar-refractivity contribution in [2.24, 2.45) is 0 Å². The topological polar surface area (TPSA) is 146 Å². The van der Waals surface area contributed by atoms with E-state index >= 15 is 0 Å². The molecule has 2 aromatic heterocycles. The van der Waals surface area contributed by atoms with E-state index in [1.54, 1.807) is 32.2 Å². The van der Waals surface area contributed by atoms with Crippen LogP contribution in [0.5, 0.6) is 0 Å². The third-order valence-corrected chi connectivity index (χ3v) is 15.0. The first-order chi connectivity index (χ1) is 18.4. The highest BCUT2D eigenvalue weighted by Gasteiger charge is 2.42. The average molecular weight is 582 g/mol. The van der Waals surface area contributed by atoms with E-state index < -0.39 is 22.9 Å². The maximum absolute atomic E-state index is 12.2. The van der Waals surface area contributed by atoms with Gasteiger partial charge in [-0.25, -0.2) is 18.4 Å². The van der Waals surface area contributed by atoms with E-state index in [0.29, 0.717) is 41.9 Å². The molecule has 10 nitrogen and oxygen atoms in total. The van der Waals surface area contributed by atoms with Gasteiger partial charge in [-0.3, -0.25) is 5.10 Å². The maximum atomic E-state index is 12.2. The molecule has 0 aliphatic carbocycles. The largest absolute Gasteiger partial charge is 0.416 e. The molecule has 3 heterocycles. The minimum Gasteiger partial charge on any atom is -0.416 e. The third-order valence-electron chi connectivity index (χ3n) is 8.47. The number of hydrogen-bond acceptors (Lipinski definition) is 9. The molecule has 40 heavy (non-hydrogen) atoms. The number of nitrogens with zero attached hydrogens (tertiary/aromatic N) is 4. The lowest BCUT2D eigenvalue weighted by atomic mass is 9.83. The Morgan fingerprint density at radius 2 is 1.90 bits per heavy atom. The molecule has 1 aliphatic heterocycles. The molecule has 3 aromatic rings.